The molecule has 1 N–H and O–H groups in total. The molecule has 4 aromatic heterocycles. The lowest BCUT2D eigenvalue weighted by molar-refractivity contribution is -0.139. The summed E-state index contributed by atoms with van der Waals surface area (Å²) in [5.41, 5.74) is 4.33. The fraction of sp³-hybridized carbons (Fsp3) is 0.382. The number of aryl methyl sites for hydroxylation is 2. The van der Waals surface area contributed by atoms with E-state index in [0.717, 1.165) is 35.2 Å². The number of hydrogen-bond donors (Lipinski definition) is 1. The molecule has 5 aromatic rings. The standard InChI is InChI=1S/C34H35BrN10O3/c1-18-5-10-30(35)38-33(18)39-34(48)29-12-24(15-43-16-27(40-42-43)22-6-7-22)19(2)45(29)31(47)17-44-28-9-8-23(25-13-36-21(4)37-14-25)11-26(28)32(41-44)20(3)46/h5,8-11,13-14,16,19,22,24,29H,6-7,12,15,17H2,1-4H3,(H,38,39,48)/t19-,24-,29+/m1/s1. The number of ketones is 1. The molecule has 1 aliphatic carbocycles. The Labute approximate surface area is 285 Å². The Morgan fingerprint density at radius 1 is 1.04 bits per heavy atom. The summed E-state index contributed by atoms with van der Waals surface area (Å²) in [4.78, 5) is 55.6. The molecule has 14 heteroatoms. The van der Waals surface area contributed by atoms with Crippen molar-refractivity contribution in [1.29, 1.82) is 0 Å². The minimum atomic E-state index is -0.758. The van der Waals surface area contributed by atoms with Gasteiger partial charge in [0.2, 0.25) is 11.8 Å². The third-order valence-corrected chi connectivity index (χ3v) is 9.78. The van der Waals surface area contributed by atoms with Gasteiger partial charge in [0.15, 0.2) is 5.78 Å². The Balaban J connectivity index is 1.19. The number of nitrogens with zero attached hydrogens (tertiary/aromatic N) is 9. The minimum Gasteiger partial charge on any atom is -0.326 e. The first-order chi connectivity index (χ1) is 23.0. The van der Waals surface area contributed by atoms with Gasteiger partial charge in [-0.25, -0.2) is 15.0 Å². The third kappa shape index (κ3) is 6.23. The Hall–Kier alpha value is -4.85. The molecule has 7 rings (SSSR count). The van der Waals surface area contributed by atoms with Gasteiger partial charge in [0, 0.05) is 60.9 Å². The van der Waals surface area contributed by atoms with Crippen molar-refractivity contribution in [2.24, 2.45) is 5.92 Å². The maximum Gasteiger partial charge on any atom is 0.248 e. The van der Waals surface area contributed by atoms with Crippen LogP contribution in [0.2, 0.25) is 0 Å². The fourth-order valence-corrected chi connectivity index (χ4v) is 6.81. The average Bonchev–Trinajstić information content (AvgIpc) is 3.57. The van der Waals surface area contributed by atoms with Crippen LogP contribution in [-0.4, -0.2) is 74.3 Å². The predicted octanol–water partition coefficient (Wildman–Crippen LogP) is 4.88. The highest BCUT2D eigenvalue weighted by Crippen LogP contribution is 2.39. The Bertz CT molecular complexity index is 2050. The molecular weight excluding hydrogens is 676 g/mol. The first-order valence-electron chi connectivity index (χ1n) is 16.0. The number of fused-ring (bicyclic) bond motifs is 1. The smallest absolute Gasteiger partial charge is 0.248 e. The Morgan fingerprint density at radius 2 is 1.81 bits per heavy atom. The average molecular weight is 712 g/mol. The third-order valence-electron chi connectivity index (χ3n) is 9.33. The SMILES string of the molecule is CC(=O)c1nn(CC(=O)N2[C@H](C)[C@@H](Cn3cc(C4CC4)nn3)C[C@H]2C(=O)Nc2nc(Br)ccc2C)c2ccc(-c3cnc(C)nc3)cc12. The molecule has 0 radical (unpaired) electrons. The summed E-state index contributed by atoms with van der Waals surface area (Å²) in [6.45, 7) is 7.48. The van der Waals surface area contributed by atoms with Crippen molar-refractivity contribution in [1.82, 2.24) is 44.6 Å². The van der Waals surface area contributed by atoms with Crippen LogP contribution in [-0.2, 0) is 22.7 Å². The number of pyridine rings is 1. The number of hydrogen-bond acceptors (Lipinski definition) is 9. The Kier molecular flexibility index (Phi) is 8.36. The molecule has 1 aromatic carbocycles. The van der Waals surface area contributed by atoms with Gasteiger partial charge >= 0.3 is 0 Å². The number of rotatable bonds is 9. The van der Waals surface area contributed by atoms with Gasteiger partial charge in [0.25, 0.3) is 0 Å². The zero-order chi connectivity index (χ0) is 33.7. The summed E-state index contributed by atoms with van der Waals surface area (Å²) in [5, 5.41) is 16.9. The van der Waals surface area contributed by atoms with Gasteiger partial charge in [-0.1, -0.05) is 17.3 Å². The van der Waals surface area contributed by atoms with Gasteiger partial charge < -0.3 is 10.2 Å². The van der Waals surface area contributed by atoms with Crippen LogP contribution in [0.15, 0.2) is 53.5 Å². The number of likely N-dealkylation sites (tertiary alicyclic amines) is 1. The van der Waals surface area contributed by atoms with Crippen LogP contribution in [0, 0.1) is 19.8 Å². The number of halogens is 1. The van der Waals surface area contributed by atoms with E-state index in [1.54, 1.807) is 22.0 Å². The number of Topliss-reactive ketones (excluding diaryl/α,β-unsaturated/α-hetero) is 1. The van der Waals surface area contributed by atoms with Crippen LogP contribution in [0.3, 0.4) is 0 Å². The quantitative estimate of drug-likeness (QED) is 0.166. The Morgan fingerprint density at radius 3 is 2.54 bits per heavy atom. The predicted molar refractivity (Wildman–Crippen MR) is 181 cm³/mol. The molecule has 2 aliphatic rings. The lowest BCUT2D eigenvalue weighted by Crippen LogP contribution is -2.48. The molecule has 0 unspecified atom stereocenters. The van der Waals surface area contributed by atoms with Crippen LogP contribution in [0.4, 0.5) is 5.82 Å². The van der Waals surface area contributed by atoms with Crippen molar-refractivity contribution >= 4 is 50.2 Å². The first kappa shape index (κ1) is 31.7. The van der Waals surface area contributed by atoms with Crippen molar-refractivity contribution in [2.45, 2.75) is 78.0 Å². The number of nitrogens with one attached hydrogen (secondary N) is 1. The molecule has 48 heavy (non-hydrogen) atoms. The molecule has 0 bridgehead atoms. The van der Waals surface area contributed by atoms with Gasteiger partial charge in [0.1, 0.15) is 34.5 Å². The highest BCUT2D eigenvalue weighted by Gasteiger charge is 2.45. The van der Waals surface area contributed by atoms with Crippen LogP contribution >= 0.6 is 15.9 Å². The van der Waals surface area contributed by atoms with E-state index in [1.165, 1.54) is 6.92 Å². The van der Waals surface area contributed by atoms with E-state index in [1.807, 2.05) is 62.0 Å². The number of amides is 2. The summed E-state index contributed by atoms with van der Waals surface area (Å²) in [6, 6.07) is 8.25. The second-order valence-electron chi connectivity index (χ2n) is 12.8. The molecule has 1 aliphatic heterocycles. The van der Waals surface area contributed by atoms with E-state index in [9.17, 15) is 14.4 Å². The highest BCUT2D eigenvalue weighted by molar-refractivity contribution is 9.10. The minimum absolute atomic E-state index is 0.0588. The van der Waals surface area contributed by atoms with E-state index in [4.69, 9.17) is 0 Å². The summed E-state index contributed by atoms with van der Waals surface area (Å²) < 4.78 is 3.98. The maximum atomic E-state index is 14.3. The molecule has 3 atom stereocenters. The van der Waals surface area contributed by atoms with E-state index in [-0.39, 0.29) is 41.8 Å². The second-order valence-corrected chi connectivity index (χ2v) is 13.6. The van der Waals surface area contributed by atoms with Crippen molar-refractivity contribution in [2.75, 3.05) is 5.32 Å². The zero-order valence-corrected chi connectivity index (χ0v) is 28.7. The lowest BCUT2D eigenvalue weighted by atomic mass is 10.00. The highest BCUT2D eigenvalue weighted by atomic mass is 79.9. The molecule has 2 fully saturated rings. The van der Waals surface area contributed by atoms with Crippen molar-refractivity contribution in [3.8, 4) is 11.1 Å². The fourth-order valence-electron chi connectivity index (χ4n) is 6.50. The number of carbonyl (C=O) groups is 3. The number of anilines is 1. The molecule has 1 saturated carbocycles. The molecule has 1 saturated heterocycles. The first-order valence-corrected chi connectivity index (χ1v) is 16.8. The lowest BCUT2D eigenvalue weighted by Gasteiger charge is -2.29. The zero-order valence-electron chi connectivity index (χ0n) is 27.1. The molecular formula is C34H35BrN10O3. The molecule has 2 amide bonds. The topological polar surface area (TPSA) is 154 Å². The van der Waals surface area contributed by atoms with Crippen molar-refractivity contribution < 1.29 is 14.4 Å². The summed E-state index contributed by atoms with van der Waals surface area (Å²) >= 11 is 3.38. The van der Waals surface area contributed by atoms with Gasteiger partial charge in [-0.05, 0) is 85.3 Å². The van der Waals surface area contributed by atoms with Gasteiger partial charge in [-0.2, -0.15) is 5.10 Å². The van der Waals surface area contributed by atoms with Crippen LogP contribution < -0.4 is 5.32 Å². The number of aromatic nitrogens is 8. The molecule has 246 valence electrons. The monoisotopic (exact) mass is 710 g/mol. The van der Waals surface area contributed by atoms with Crippen molar-refractivity contribution in [3.63, 3.8) is 0 Å². The maximum absolute atomic E-state index is 14.3. The van der Waals surface area contributed by atoms with Gasteiger partial charge in [-0.15, -0.1) is 5.10 Å². The van der Waals surface area contributed by atoms with E-state index in [2.05, 4.69) is 51.6 Å². The molecule has 13 nitrogen and oxygen atoms in total. The van der Waals surface area contributed by atoms with Crippen LogP contribution in [0.5, 0.6) is 0 Å². The largest absolute Gasteiger partial charge is 0.326 e. The summed E-state index contributed by atoms with van der Waals surface area (Å²) in [5.74, 6) is 0.695. The summed E-state index contributed by atoms with van der Waals surface area (Å²) in [7, 11) is 0. The van der Waals surface area contributed by atoms with Gasteiger partial charge in [0.05, 0.1) is 11.2 Å². The van der Waals surface area contributed by atoms with Crippen molar-refractivity contribution in [3.05, 3.63) is 76.3 Å². The van der Waals surface area contributed by atoms with E-state index in [0.29, 0.717) is 46.0 Å². The second kappa shape index (κ2) is 12.6. The van der Waals surface area contributed by atoms with Crippen LogP contribution in [0.25, 0.3) is 22.0 Å². The normalized spacial score (nSPS) is 19.2. The van der Waals surface area contributed by atoms with Crippen LogP contribution in [0.1, 0.15) is 66.6 Å². The molecule has 5 heterocycles. The van der Waals surface area contributed by atoms with E-state index >= 15 is 0 Å². The number of benzene rings is 1. The van der Waals surface area contributed by atoms with E-state index < -0.39 is 6.04 Å². The van der Waals surface area contributed by atoms with Gasteiger partial charge in [-0.3, -0.25) is 23.7 Å². The summed E-state index contributed by atoms with van der Waals surface area (Å²) in [6.07, 6.45) is 8.14. The molecule has 0 spiro atoms. The number of carbonyl (C=O) groups excluding carboxylic acids is 3.